The molecule has 26 heavy (non-hydrogen) atoms. The molecule has 1 saturated heterocycles. The van der Waals surface area contributed by atoms with E-state index in [0.29, 0.717) is 56.2 Å². The highest BCUT2D eigenvalue weighted by molar-refractivity contribution is 5.95. The number of rotatable bonds is 7. The van der Waals surface area contributed by atoms with Crippen LogP contribution in [0.4, 0.5) is 4.79 Å². The molecule has 1 aromatic carbocycles. The number of methoxy groups -OCH3 is 1. The van der Waals surface area contributed by atoms with E-state index >= 15 is 0 Å². The first kappa shape index (κ1) is 19.9. The second kappa shape index (κ2) is 9.89. The number of nitrogens with zero attached hydrogens (tertiary/aromatic N) is 1. The highest BCUT2D eigenvalue weighted by Crippen LogP contribution is 2.29. The van der Waals surface area contributed by atoms with Gasteiger partial charge < -0.3 is 24.4 Å². The number of ether oxygens (including phenoxy) is 3. The molecule has 0 radical (unpaired) electrons. The van der Waals surface area contributed by atoms with Gasteiger partial charge in [0.15, 0.2) is 11.5 Å². The molecule has 1 N–H and O–H groups in total. The Labute approximate surface area is 154 Å². The lowest BCUT2D eigenvalue weighted by molar-refractivity contribution is 0.0891. The molecule has 0 spiro atoms. The topological polar surface area (TPSA) is 77.1 Å². The summed E-state index contributed by atoms with van der Waals surface area (Å²) < 4.78 is 16.0. The summed E-state index contributed by atoms with van der Waals surface area (Å²) in [6.45, 7) is 6.18. The number of benzene rings is 1. The fraction of sp³-hybridized carbons (Fsp3) is 0.579. The lowest BCUT2D eigenvalue weighted by atomic mass is 10.0. The Hall–Kier alpha value is -2.44. The first-order chi connectivity index (χ1) is 12.6. The van der Waals surface area contributed by atoms with Crippen LogP contribution in [0, 0.1) is 0 Å². The van der Waals surface area contributed by atoms with E-state index in [4.69, 9.17) is 14.2 Å². The van der Waals surface area contributed by atoms with Crippen molar-refractivity contribution in [1.29, 1.82) is 0 Å². The minimum atomic E-state index is -0.321. The summed E-state index contributed by atoms with van der Waals surface area (Å²) in [6.07, 6.45) is 1.99. The molecule has 1 fully saturated rings. The molecular weight excluding hydrogens is 336 g/mol. The quantitative estimate of drug-likeness (QED) is 0.805. The molecule has 144 valence electrons. The normalized spacial score (nSPS) is 14.7. The molecule has 0 aliphatic carbocycles. The third-order valence-corrected chi connectivity index (χ3v) is 4.23. The van der Waals surface area contributed by atoms with Crippen LogP contribution in [0.1, 0.15) is 43.5 Å². The van der Waals surface area contributed by atoms with Gasteiger partial charge in [0.25, 0.3) is 5.91 Å². The Morgan fingerprint density at radius 1 is 1.15 bits per heavy atom. The molecule has 7 heteroatoms. The molecular formula is C19H28N2O5. The third kappa shape index (κ3) is 5.28. The standard InChI is InChI=1S/C19H28N2O5/c1-4-12-26-16-7-6-14(13-17(16)25-5-2)18(22)20-15-8-10-21(11-9-15)19(23)24-3/h6-7,13,15H,4-5,8-12H2,1-3H3,(H,20,22). The summed E-state index contributed by atoms with van der Waals surface area (Å²) >= 11 is 0. The van der Waals surface area contributed by atoms with E-state index < -0.39 is 0 Å². The van der Waals surface area contributed by atoms with Crippen molar-refractivity contribution in [1.82, 2.24) is 10.2 Å². The molecule has 7 nitrogen and oxygen atoms in total. The van der Waals surface area contributed by atoms with Crippen molar-refractivity contribution in [3.05, 3.63) is 23.8 Å². The molecule has 0 bridgehead atoms. The summed E-state index contributed by atoms with van der Waals surface area (Å²) in [7, 11) is 1.38. The molecule has 1 aliphatic rings. The fourth-order valence-electron chi connectivity index (χ4n) is 2.85. The van der Waals surface area contributed by atoms with Crippen LogP contribution in [0.2, 0.25) is 0 Å². The zero-order valence-corrected chi connectivity index (χ0v) is 15.7. The van der Waals surface area contributed by atoms with Crippen LogP contribution in [-0.4, -0.2) is 56.4 Å². The lowest BCUT2D eigenvalue weighted by Gasteiger charge is -2.31. The fourth-order valence-corrected chi connectivity index (χ4v) is 2.85. The van der Waals surface area contributed by atoms with Crippen LogP contribution in [-0.2, 0) is 4.74 Å². The number of amides is 2. The zero-order chi connectivity index (χ0) is 18.9. The van der Waals surface area contributed by atoms with Gasteiger partial charge in [-0.1, -0.05) is 6.92 Å². The van der Waals surface area contributed by atoms with Crippen LogP contribution in [0.25, 0.3) is 0 Å². The van der Waals surface area contributed by atoms with Crippen molar-refractivity contribution in [3.8, 4) is 11.5 Å². The van der Waals surface area contributed by atoms with E-state index in [9.17, 15) is 9.59 Å². The summed E-state index contributed by atoms with van der Waals surface area (Å²) in [5, 5.41) is 3.03. The number of hydrogen-bond donors (Lipinski definition) is 1. The molecule has 0 aromatic heterocycles. The maximum atomic E-state index is 12.6. The van der Waals surface area contributed by atoms with E-state index in [1.54, 1.807) is 23.1 Å². The van der Waals surface area contributed by atoms with Crippen molar-refractivity contribution < 1.29 is 23.8 Å². The Kier molecular flexibility index (Phi) is 7.56. The van der Waals surface area contributed by atoms with Crippen molar-refractivity contribution in [2.24, 2.45) is 0 Å². The Balaban J connectivity index is 1.96. The van der Waals surface area contributed by atoms with Gasteiger partial charge >= 0.3 is 6.09 Å². The average molecular weight is 364 g/mol. The first-order valence-electron chi connectivity index (χ1n) is 9.12. The van der Waals surface area contributed by atoms with Gasteiger partial charge in [-0.2, -0.15) is 0 Å². The second-order valence-electron chi connectivity index (χ2n) is 6.15. The van der Waals surface area contributed by atoms with E-state index in [1.807, 2.05) is 13.8 Å². The molecule has 2 rings (SSSR count). The number of likely N-dealkylation sites (tertiary alicyclic amines) is 1. The number of hydrogen-bond acceptors (Lipinski definition) is 5. The minimum Gasteiger partial charge on any atom is -0.490 e. The largest absolute Gasteiger partial charge is 0.490 e. The van der Waals surface area contributed by atoms with Gasteiger partial charge in [-0.15, -0.1) is 0 Å². The van der Waals surface area contributed by atoms with Crippen molar-refractivity contribution in [2.45, 2.75) is 39.2 Å². The highest BCUT2D eigenvalue weighted by Gasteiger charge is 2.24. The second-order valence-corrected chi connectivity index (χ2v) is 6.15. The molecule has 1 aromatic rings. The van der Waals surface area contributed by atoms with Gasteiger partial charge in [-0.3, -0.25) is 4.79 Å². The molecule has 0 unspecified atom stereocenters. The maximum absolute atomic E-state index is 12.6. The van der Waals surface area contributed by atoms with Crippen LogP contribution in [0.3, 0.4) is 0 Å². The Bertz CT molecular complexity index is 612. The maximum Gasteiger partial charge on any atom is 0.409 e. The highest BCUT2D eigenvalue weighted by atomic mass is 16.5. The first-order valence-corrected chi connectivity index (χ1v) is 9.12. The molecule has 1 aliphatic heterocycles. The van der Waals surface area contributed by atoms with Crippen LogP contribution < -0.4 is 14.8 Å². The van der Waals surface area contributed by atoms with Crippen molar-refractivity contribution >= 4 is 12.0 Å². The van der Waals surface area contributed by atoms with E-state index in [1.165, 1.54) is 7.11 Å². The smallest absolute Gasteiger partial charge is 0.409 e. The summed E-state index contributed by atoms with van der Waals surface area (Å²) in [5.74, 6) is 1.08. The van der Waals surface area contributed by atoms with Gasteiger partial charge in [0.2, 0.25) is 0 Å². The molecule has 1 heterocycles. The molecule has 0 atom stereocenters. The van der Waals surface area contributed by atoms with Gasteiger partial charge in [0.1, 0.15) is 0 Å². The van der Waals surface area contributed by atoms with E-state index in [0.717, 1.165) is 6.42 Å². The summed E-state index contributed by atoms with van der Waals surface area (Å²) in [4.78, 5) is 25.7. The predicted molar refractivity (Wildman–Crippen MR) is 97.9 cm³/mol. The average Bonchev–Trinajstić information content (AvgIpc) is 2.67. The predicted octanol–water partition coefficient (Wildman–Crippen LogP) is 2.83. The van der Waals surface area contributed by atoms with Crippen LogP contribution in [0.5, 0.6) is 11.5 Å². The van der Waals surface area contributed by atoms with Crippen LogP contribution in [0.15, 0.2) is 18.2 Å². The van der Waals surface area contributed by atoms with Crippen molar-refractivity contribution in [2.75, 3.05) is 33.4 Å². The number of carbonyl (C=O) groups is 2. The SMILES string of the molecule is CCCOc1ccc(C(=O)NC2CCN(C(=O)OC)CC2)cc1OCC. The summed E-state index contributed by atoms with van der Waals surface area (Å²) in [6, 6.07) is 5.27. The van der Waals surface area contributed by atoms with Gasteiger partial charge in [0, 0.05) is 24.7 Å². The Morgan fingerprint density at radius 3 is 2.50 bits per heavy atom. The van der Waals surface area contributed by atoms with Gasteiger partial charge in [-0.05, 0) is 44.4 Å². The van der Waals surface area contributed by atoms with Crippen molar-refractivity contribution in [3.63, 3.8) is 0 Å². The number of carbonyl (C=O) groups excluding carboxylic acids is 2. The zero-order valence-electron chi connectivity index (χ0n) is 15.7. The Morgan fingerprint density at radius 2 is 1.88 bits per heavy atom. The number of nitrogens with one attached hydrogen (secondary N) is 1. The van der Waals surface area contributed by atoms with Crippen LogP contribution >= 0.6 is 0 Å². The van der Waals surface area contributed by atoms with Gasteiger partial charge in [-0.25, -0.2) is 4.79 Å². The minimum absolute atomic E-state index is 0.0370. The monoisotopic (exact) mass is 364 g/mol. The lowest BCUT2D eigenvalue weighted by Crippen LogP contribution is -2.46. The van der Waals surface area contributed by atoms with E-state index in [2.05, 4.69) is 5.32 Å². The third-order valence-electron chi connectivity index (χ3n) is 4.23. The van der Waals surface area contributed by atoms with E-state index in [-0.39, 0.29) is 18.0 Å². The molecule has 2 amide bonds. The summed E-state index contributed by atoms with van der Waals surface area (Å²) in [5.41, 5.74) is 0.535. The molecule has 0 saturated carbocycles. The number of piperidine rings is 1. The van der Waals surface area contributed by atoms with Gasteiger partial charge in [0.05, 0.1) is 20.3 Å².